The summed E-state index contributed by atoms with van der Waals surface area (Å²) in [5, 5.41) is 2.10. The first kappa shape index (κ1) is 10.3. The van der Waals surface area contributed by atoms with Crippen molar-refractivity contribution >= 4 is 28.7 Å². The Bertz CT molecular complexity index is 510. The molecule has 0 N–H and O–H groups in total. The Morgan fingerprint density at radius 3 is 2.93 bits per heavy atom. The Labute approximate surface area is 95.8 Å². The standard InChI is InChI=1S/C10H7ClN2OS/c1-6(14)9-4-7(5-15-9)8-2-3-12-10(11)13-8/h2-5H,1H3. The van der Waals surface area contributed by atoms with Gasteiger partial charge in [-0.1, -0.05) is 0 Å². The molecule has 3 nitrogen and oxygen atoms in total. The van der Waals surface area contributed by atoms with Crippen LogP contribution in [0.3, 0.4) is 0 Å². The smallest absolute Gasteiger partial charge is 0.222 e. The van der Waals surface area contributed by atoms with Crippen LogP contribution in [0.5, 0.6) is 0 Å². The zero-order valence-corrected chi connectivity index (χ0v) is 9.47. The van der Waals surface area contributed by atoms with Crippen molar-refractivity contribution in [2.75, 3.05) is 0 Å². The predicted molar refractivity (Wildman–Crippen MR) is 60.4 cm³/mol. The van der Waals surface area contributed by atoms with Crippen LogP contribution in [0.4, 0.5) is 0 Å². The highest BCUT2D eigenvalue weighted by molar-refractivity contribution is 7.12. The second-order valence-electron chi connectivity index (χ2n) is 2.97. The highest BCUT2D eigenvalue weighted by Gasteiger charge is 2.07. The van der Waals surface area contributed by atoms with E-state index in [1.807, 2.05) is 11.4 Å². The van der Waals surface area contributed by atoms with Gasteiger partial charge in [-0.2, -0.15) is 0 Å². The number of carbonyl (C=O) groups excluding carboxylic acids is 1. The van der Waals surface area contributed by atoms with E-state index in [9.17, 15) is 4.79 Å². The molecule has 0 aliphatic rings. The third-order valence-electron chi connectivity index (χ3n) is 1.87. The van der Waals surface area contributed by atoms with Crippen LogP contribution in [0.15, 0.2) is 23.7 Å². The lowest BCUT2D eigenvalue weighted by atomic mass is 10.2. The first-order valence-corrected chi connectivity index (χ1v) is 5.51. The molecular weight excluding hydrogens is 232 g/mol. The Morgan fingerprint density at radius 1 is 1.53 bits per heavy atom. The van der Waals surface area contributed by atoms with Crippen molar-refractivity contribution in [2.45, 2.75) is 6.92 Å². The summed E-state index contributed by atoms with van der Waals surface area (Å²) in [6.45, 7) is 1.54. The quantitative estimate of drug-likeness (QED) is 0.597. The van der Waals surface area contributed by atoms with Crippen molar-refractivity contribution in [1.82, 2.24) is 9.97 Å². The molecule has 2 heterocycles. The minimum atomic E-state index is 0.0615. The summed E-state index contributed by atoms with van der Waals surface area (Å²) in [4.78, 5) is 19.7. The van der Waals surface area contributed by atoms with Gasteiger partial charge in [0.2, 0.25) is 5.28 Å². The number of aromatic nitrogens is 2. The lowest BCUT2D eigenvalue weighted by Crippen LogP contribution is -1.86. The van der Waals surface area contributed by atoms with E-state index in [4.69, 9.17) is 11.6 Å². The molecule has 2 rings (SSSR count). The number of carbonyl (C=O) groups is 1. The van der Waals surface area contributed by atoms with Crippen LogP contribution in [0.25, 0.3) is 11.3 Å². The molecule has 0 aromatic carbocycles. The maximum absolute atomic E-state index is 11.1. The van der Waals surface area contributed by atoms with Crippen LogP contribution >= 0.6 is 22.9 Å². The maximum Gasteiger partial charge on any atom is 0.222 e. The maximum atomic E-state index is 11.1. The topological polar surface area (TPSA) is 42.9 Å². The molecule has 0 aliphatic heterocycles. The van der Waals surface area contributed by atoms with Crippen molar-refractivity contribution in [1.29, 1.82) is 0 Å². The zero-order chi connectivity index (χ0) is 10.8. The van der Waals surface area contributed by atoms with E-state index >= 15 is 0 Å². The van der Waals surface area contributed by atoms with Crippen LogP contribution in [0.1, 0.15) is 16.6 Å². The molecular formula is C10H7ClN2OS. The van der Waals surface area contributed by atoms with E-state index in [1.165, 1.54) is 11.3 Å². The van der Waals surface area contributed by atoms with Crippen LogP contribution in [-0.4, -0.2) is 15.8 Å². The SMILES string of the molecule is CC(=O)c1cc(-c2ccnc(Cl)n2)cs1. The molecule has 0 unspecified atom stereocenters. The van der Waals surface area contributed by atoms with E-state index < -0.39 is 0 Å². The van der Waals surface area contributed by atoms with Gasteiger partial charge in [0.25, 0.3) is 0 Å². The zero-order valence-electron chi connectivity index (χ0n) is 7.90. The summed E-state index contributed by atoms with van der Waals surface area (Å²) in [5.41, 5.74) is 1.63. The summed E-state index contributed by atoms with van der Waals surface area (Å²) < 4.78 is 0. The summed E-state index contributed by atoms with van der Waals surface area (Å²) in [7, 11) is 0. The fourth-order valence-corrected chi connectivity index (χ4v) is 2.10. The second kappa shape index (κ2) is 4.08. The largest absolute Gasteiger partial charge is 0.294 e. The molecule has 0 atom stereocenters. The molecule has 0 aliphatic carbocycles. The summed E-state index contributed by atoms with van der Waals surface area (Å²) in [6, 6.07) is 3.57. The first-order valence-electron chi connectivity index (χ1n) is 4.25. The average molecular weight is 239 g/mol. The van der Waals surface area contributed by atoms with Crippen molar-refractivity contribution in [2.24, 2.45) is 0 Å². The summed E-state index contributed by atoms with van der Waals surface area (Å²) in [6.07, 6.45) is 1.59. The van der Waals surface area contributed by atoms with E-state index in [0.717, 1.165) is 16.1 Å². The molecule has 5 heteroatoms. The highest BCUT2D eigenvalue weighted by Crippen LogP contribution is 2.24. The molecule has 2 aromatic rings. The van der Waals surface area contributed by atoms with Gasteiger partial charge in [0.05, 0.1) is 10.6 Å². The van der Waals surface area contributed by atoms with Gasteiger partial charge in [-0.05, 0) is 30.7 Å². The van der Waals surface area contributed by atoms with Gasteiger partial charge in [-0.25, -0.2) is 9.97 Å². The van der Waals surface area contributed by atoms with Gasteiger partial charge in [-0.15, -0.1) is 11.3 Å². The number of ketones is 1. The number of thiophene rings is 1. The molecule has 76 valence electrons. The van der Waals surface area contributed by atoms with Crippen molar-refractivity contribution in [3.05, 3.63) is 33.9 Å². The van der Waals surface area contributed by atoms with Crippen LogP contribution < -0.4 is 0 Å². The normalized spacial score (nSPS) is 10.3. The highest BCUT2D eigenvalue weighted by atomic mass is 35.5. The van der Waals surface area contributed by atoms with E-state index in [2.05, 4.69) is 9.97 Å². The second-order valence-corrected chi connectivity index (χ2v) is 4.22. The molecule has 0 radical (unpaired) electrons. The van der Waals surface area contributed by atoms with Crippen LogP contribution in [0.2, 0.25) is 5.28 Å². The number of rotatable bonds is 2. The molecule has 0 spiro atoms. The molecule has 0 fully saturated rings. The lowest BCUT2D eigenvalue weighted by Gasteiger charge is -1.95. The van der Waals surface area contributed by atoms with Gasteiger partial charge in [0.1, 0.15) is 0 Å². The van der Waals surface area contributed by atoms with Crippen molar-refractivity contribution in [3.8, 4) is 11.3 Å². The Kier molecular flexibility index (Phi) is 2.79. The number of Topliss-reactive ketones (excluding diaryl/α,β-unsaturated/α-hetero) is 1. The number of hydrogen-bond acceptors (Lipinski definition) is 4. The minimum absolute atomic E-state index is 0.0615. The van der Waals surface area contributed by atoms with Gasteiger partial charge in [-0.3, -0.25) is 4.79 Å². The number of nitrogens with zero attached hydrogens (tertiary/aromatic N) is 2. The first-order chi connectivity index (χ1) is 7.16. The Balaban J connectivity index is 2.41. The minimum Gasteiger partial charge on any atom is -0.294 e. The third-order valence-corrected chi connectivity index (χ3v) is 3.08. The number of halogens is 1. The molecule has 15 heavy (non-hydrogen) atoms. The molecule has 2 aromatic heterocycles. The third kappa shape index (κ3) is 2.22. The van der Waals surface area contributed by atoms with E-state index in [1.54, 1.807) is 19.2 Å². The molecule has 0 saturated heterocycles. The van der Waals surface area contributed by atoms with Crippen molar-refractivity contribution < 1.29 is 4.79 Å². The van der Waals surface area contributed by atoms with Gasteiger partial charge >= 0.3 is 0 Å². The van der Waals surface area contributed by atoms with E-state index in [-0.39, 0.29) is 11.1 Å². The van der Waals surface area contributed by atoms with E-state index in [0.29, 0.717) is 0 Å². The van der Waals surface area contributed by atoms with Crippen LogP contribution in [0, 0.1) is 0 Å². The van der Waals surface area contributed by atoms with Crippen LogP contribution in [-0.2, 0) is 0 Å². The predicted octanol–water partition coefficient (Wildman–Crippen LogP) is 3.06. The Morgan fingerprint density at radius 2 is 2.33 bits per heavy atom. The number of hydrogen-bond donors (Lipinski definition) is 0. The fraction of sp³-hybridized carbons (Fsp3) is 0.100. The summed E-state index contributed by atoms with van der Waals surface area (Å²) >= 11 is 7.08. The van der Waals surface area contributed by atoms with Gasteiger partial charge in [0.15, 0.2) is 5.78 Å². The van der Waals surface area contributed by atoms with Gasteiger partial charge in [0, 0.05) is 17.1 Å². The molecule has 0 amide bonds. The summed E-state index contributed by atoms with van der Waals surface area (Å²) in [5.74, 6) is 0.0615. The monoisotopic (exact) mass is 238 g/mol. The van der Waals surface area contributed by atoms with Gasteiger partial charge < -0.3 is 0 Å². The average Bonchev–Trinajstić information content (AvgIpc) is 2.66. The fourth-order valence-electron chi connectivity index (χ4n) is 1.15. The van der Waals surface area contributed by atoms with Crippen molar-refractivity contribution in [3.63, 3.8) is 0 Å². The lowest BCUT2D eigenvalue weighted by molar-refractivity contribution is 0.102. The molecule has 0 bridgehead atoms. The Hall–Kier alpha value is -1.26. The molecule has 0 saturated carbocycles.